The zero-order valence-corrected chi connectivity index (χ0v) is 12.2. The van der Waals surface area contributed by atoms with Crippen LogP contribution in [0.3, 0.4) is 0 Å². The summed E-state index contributed by atoms with van der Waals surface area (Å²) in [5.41, 5.74) is 2.71. The number of hydrogen-bond acceptors (Lipinski definition) is 2. The minimum absolute atomic E-state index is 0.0931. The highest BCUT2D eigenvalue weighted by Crippen LogP contribution is 2.32. The van der Waals surface area contributed by atoms with Crippen LogP contribution >= 0.6 is 11.6 Å². The number of hydrogen-bond donors (Lipinski definition) is 1. The molecule has 3 rings (SSSR count). The number of aryl methyl sites for hydroxylation is 1. The van der Waals surface area contributed by atoms with Crippen molar-refractivity contribution in [1.82, 2.24) is 0 Å². The van der Waals surface area contributed by atoms with Crippen molar-refractivity contribution in [3.8, 4) is 5.75 Å². The van der Waals surface area contributed by atoms with E-state index in [0.29, 0.717) is 11.3 Å². The molecular weight excluding hydrogens is 291 g/mol. The number of ether oxygens (including phenoxy) is 1. The summed E-state index contributed by atoms with van der Waals surface area (Å²) in [6.07, 6.45) is 2.36. The summed E-state index contributed by atoms with van der Waals surface area (Å²) in [7, 11) is 0. The summed E-state index contributed by atoms with van der Waals surface area (Å²) in [6, 6.07) is 10.4. The van der Waals surface area contributed by atoms with Gasteiger partial charge in [0, 0.05) is 5.56 Å². The highest BCUT2D eigenvalue weighted by molar-refractivity contribution is 6.31. The van der Waals surface area contributed by atoms with Crippen LogP contribution in [-0.4, -0.2) is 5.11 Å². The van der Waals surface area contributed by atoms with Crippen LogP contribution < -0.4 is 4.74 Å². The largest absolute Gasteiger partial charge is 0.489 e. The first-order valence-corrected chi connectivity index (χ1v) is 7.39. The Hall–Kier alpha value is -1.58. The summed E-state index contributed by atoms with van der Waals surface area (Å²) in [5, 5.41) is 10.1. The quantitative estimate of drug-likeness (QED) is 0.909. The van der Waals surface area contributed by atoms with Crippen LogP contribution in [0, 0.1) is 5.82 Å². The third kappa shape index (κ3) is 3.04. The van der Waals surface area contributed by atoms with Gasteiger partial charge in [-0.2, -0.15) is 0 Å². The zero-order valence-electron chi connectivity index (χ0n) is 11.5. The molecule has 0 spiro atoms. The van der Waals surface area contributed by atoms with Crippen LogP contribution in [0.5, 0.6) is 5.75 Å². The molecule has 0 amide bonds. The van der Waals surface area contributed by atoms with Gasteiger partial charge in [-0.3, -0.25) is 0 Å². The van der Waals surface area contributed by atoms with Crippen LogP contribution in [0.1, 0.15) is 35.6 Å². The van der Waals surface area contributed by atoms with E-state index in [1.807, 2.05) is 18.2 Å². The molecule has 1 aliphatic rings. The molecule has 21 heavy (non-hydrogen) atoms. The molecule has 0 heterocycles. The summed E-state index contributed by atoms with van der Waals surface area (Å²) in [5.74, 6) is 0.216. The zero-order chi connectivity index (χ0) is 14.8. The van der Waals surface area contributed by atoms with Crippen LogP contribution in [-0.2, 0) is 13.0 Å². The van der Waals surface area contributed by atoms with Gasteiger partial charge in [-0.25, -0.2) is 4.39 Å². The minimum atomic E-state index is -0.446. The maximum absolute atomic E-state index is 13.4. The van der Waals surface area contributed by atoms with Crippen molar-refractivity contribution >= 4 is 11.6 Å². The lowest BCUT2D eigenvalue weighted by Crippen LogP contribution is -2.09. The minimum Gasteiger partial charge on any atom is -0.489 e. The van der Waals surface area contributed by atoms with Gasteiger partial charge in [-0.05, 0) is 48.6 Å². The molecule has 0 aromatic heterocycles. The number of aliphatic hydroxyl groups is 1. The van der Waals surface area contributed by atoms with E-state index >= 15 is 0 Å². The van der Waals surface area contributed by atoms with Gasteiger partial charge in [0.05, 0.1) is 11.1 Å². The van der Waals surface area contributed by atoms with Gasteiger partial charge in [0.15, 0.2) is 0 Å². The topological polar surface area (TPSA) is 29.5 Å². The predicted octanol–water partition coefficient (Wildman–Crippen LogP) is 4.43. The van der Waals surface area contributed by atoms with E-state index < -0.39 is 11.9 Å². The third-order valence-electron chi connectivity index (χ3n) is 3.83. The molecule has 2 aromatic carbocycles. The normalized spacial score (nSPS) is 17.4. The molecule has 2 nitrogen and oxygen atoms in total. The van der Waals surface area contributed by atoms with Crippen molar-refractivity contribution in [3.05, 3.63) is 63.9 Å². The standard InChI is InChI=1S/C17H16ClFO2/c18-17-12(4-1-5-15(17)19)10-21-13-8-7-11-3-2-6-16(20)14(11)9-13/h1,4-5,7-9,16,20H,2-3,6,10H2/t16-/m1/s1. The smallest absolute Gasteiger partial charge is 0.142 e. The Balaban J connectivity index is 1.77. The molecule has 1 aliphatic carbocycles. The monoisotopic (exact) mass is 306 g/mol. The fourth-order valence-electron chi connectivity index (χ4n) is 2.66. The maximum atomic E-state index is 13.4. The molecule has 0 unspecified atom stereocenters. The van der Waals surface area contributed by atoms with Gasteiger partial charge in [0.1, 0.15) is 18.2 Å². The van der Waals surface area contributed by atoms with E-state index in [1.54, 1.807) is 12.1 Å². The Bertz CT molecular complexity index is 657. The summed E-state index contributed by atoms with van der Waals surface area (Å²) in [4.78, 5) is 0. The third-order valence-corrected chi connectivity index (χ3v) is 4.25. The summed E-state index contributed by atoms with van der Waals surface area (Å²) in [6.45, 7) is 0.200. The molecule has 0 saturated heterocycles. The molecule has 2 aromatic rings. The summed E-state index contributed by atoms with van der Waals surface area (Å²) >= 11 is 5.90. The number of benzene rings is 2. The fraction of sp³-hybridized carbons (Fsp3) is 0.294. The number of rotatable bonds is 3. The molecule has 1 N–H and O–H groups in total. The lowest BCUT2D eigenvalue weighted by atomic mass is 9.89. The summed E-state index contributed by atoms with van der Waals surface area (Å²) < 4.78 is 19.0. The van der Waals surface area contributed by atoms with E-state index in [-0.39, 0.29) is 11.6 Å². The van der Waals surface area contributed by atoms with Gasteiger partial charge in [-0.15, -0.1) is 0 Å². The van der Waals surface area contributed by atoms with Crippen LogP contribution in [0.25, 0.3) is 0 Å². The number of fused-ring (bicyclic) bond motifs is 1. The second-order valence-electron chi connectivity index (χ2n) is 5.27. The average molecular weight is 307 g/mol. The van der Waals surface area contributed by atoms with E-state index in [2.05, 4.69) is 0 Å². The van der Waals surface area contributed by atoms with Crippen LogP contribution in [0.15, 0.2) is 36.4 Å². The van der Waals surface area contributed by atoms with Crippen molar-refractivity contribution in [2.75, 3.05) is 0 Å². The Morgan fingerprint density at radius 3 is 3.00 bits per heavy atom. The second-order valence-corrected chi connectivity index (χ2v) is 5.65. The Morgan fingerprint density at radius 1 is 1.29 bits per heavy atom. The van der Waals surface area contributed by atoms with Gasteiger partial charge in [0.2, 0.25) is 0 Å². The first kappa shape index (κ1) is 14.4. The number of aliphatic hydroxyl groups excluding tert-OH is 1. The van der Waals surface area contributed by atoms with Crippen molar-refractivity contribution < 1.29 is 14.2 Å². The predicted molar refractivity (Wildman–Crippen MR) is 80.1 cm³/mol. The van der Waals surface area contributed by atoms with Crippen molar-refractivity contribution in [1.29, 1.82) is 0 Å². The fourth-order valence-corrected chi connectivity index (χ4v) is 2.84. The van der Waals surface area contributed by atoms with Gasteiger partial charge in [0.25, 0.3) is 0 Å². The molecule has 0 bridgehead atoms. The average Bonchev–Trinajstić information content (AvgIpc) is 2.49. The lowest BCUT2D eigenvalue weighted by molar-refractivity contribution is 0.156. The molecular formula is C17H16ClFO2. The SMILES string of the molecule is O[C@@H]1CCCc2ccc(OCc3cccc(F)c3Cl)cc21. The lowest BCUT2D eigenvalue weighted by Gasteiger charge is -2.22. The maximum Gasteiger partial charge on any atom is 0.142 e. The Morgan fingerprint density at radius 2 is 2.14 bits per heavy atom. The molecule has 110 valence electrons. The van der Waals surface area contributed by atoms with Crippen LogP contribution in [0.4, 0.5) is 4.39 Å². The first-order chi connectivity index (χ1) is 10.1. The molecule has 0 aliphatic heterocycles. The van der Waals surface area contributed by atoms with Gasteiger partial charge >= 0.3 is 0 Å². The van der Waals surface area contributed by atoms with Crippen molar-refractivity contribution in [2.24, 2.45) is 0 Å². The van der Waals surface area contributed by atoms with Crippen LogP contribution in [0.2, 0.25) is 5.02 Å². The molecule has 4 heteroatoms. The first-order valence-electron chi connectivity index (χ1n) is 7.02. The molecule has 0 saturated carbocycles. The molecule has 0 fully saturated rings. The number of halogens is 2. The van der Waals surface area contributed by atoms with E-state index in [1.165, 1.54) is 11.6 Å². The van der Waals surface area contributed by atoms with Gasteiger partial charge in [-0.1, -0.05) is 29.8 Å². The highest BCUT2D eigenvalue weighted by atomic mass is 35.5. The van der Waals surface area contributed by atoms with E-state index in [0.717, 1.165) is 24.8 Å². The Labute approximate surface area is 128 Å². The molecule has 1 atom stereocenters. The Kier molecular flexibility index (Phi) is 4.13. The van der Waals surface area contributed by atoms with E-state index in [9.17, 15) is 9.50 Å². The van der Waals surface area contributed by atoms with Crippen molar-refractivity contribution in [2.45, 2.75) is 32.0 Å². The van der Waals surface area contributed by atoms with Crippen molar-refractivity contribution in [3.63, 3.8) is 0 Å². The highest BCUT2D eigenvalue weighted by Gasteiger charge is 2.18. The van der Waals surface area contributed by atoms with Gasteiger partial charge < -0.3 is 9.84 Å². The second kappa shape index (κ2) is 6.04. The molecule has 0 radical (unpaired) electrons. The van der Waals surface area contributed by atoms with E-state index in [4.69, 9.17) is 16.3 Å².